The monoisotopic (exact) mass is 468 g/mol. The van der Waals surface area contributed by atoms with E-state index in [0.29, 0.717) is 0 Å². The lowest BCUT2D eigenvalue weighted by Gasteiger charge is -2.47. The summed E-state index contributed by atoms with van der Waals surface area (Å²) in [6, 6.07) is 0. The second-order valence-corrected chi connectivity index (χ2v) is 6.85. The van der Waals surface area contributed by atoms with Gasteiger partial charge in [-0.2, -0.15) is 0 Å². The molecular weight excluding hydrogens is 431 g/mol. The van der Waals surface area contributed by atoms with Gasteiger partial charge in [-0.1, -0.05) is 19.3 Å². The van der Waals surface area contributed by atoms with Crippen LogP contribution in [0, 0.1) is 0 Å². The first-order valence-corrected chi connectivity index (χ1v) is 9.65. The quantitative estimate of drug-likeness (QED) is 0.248. The molecule has 1 saturated carbocycles. The predicted molar refractivity (Wildman–Crippen MR) is 114 cm³/mol. The summed E-state index contributed by atoms with van der Waals surface area (Å²) < 4.78 is 10.7. The molecule has 2 aliphatic rings. The van der Waals surface area contributed by atoms with Gasteiger partial charge in [-0.15, -0.1) is 24.0 Å². The molecule has 1 heterocycles. The van der Waals surface area contributed by atoms with Crippen molar-refractivity contribution in [1.82, 2.24) is 15.5 Å². The van der Waals surface area contributed by atoms with E-state index in [2.05, 4.69) is 22.5 Å². The molecule has 25 heavy (non-hydrogen) atoms. The number of morpholine rings is 1. The predicted octanol–water partition coefficient (Wildman–Crippen LogP) is 2.23. The van der Waals surface area contributed by atoms with Gasteiger partial charge in [-0.05, 0) is 26.2 Å². The first-order valence-electron chi connectivity index (χ1n) is 9.65. The number of methoxy groups -OCH3 is 1. The van der Waals surface area contributed by atoms with Crippen LogP contribution in [-0.4, -0.2) is 76.1 Å². The van der Waals surface area contributed by atoms with E-state index in [1.165, 1.54) is 32.1 Å². The van der Waals surface area contributed by atoms with E-state index in [-0.39, 0.29) is 29.5 Å². The molecule has 2 N–H and O–H groups in total. The molecule has 1 aliphatic heterocycles. The largest absolute Gasteiger partial charge is 0.385 e. The molecule has 148 valence electrons. The Kier molecular flexibility index (Phi) is 12.0. The van der Waals surface area contributed by atoms with Crippen LogP contribution in [0.15, 0.2) is 4.99 Å². The topological polar surface area (TPSA) is 58.1 Å². The lowest BCUT2D eigenvalue weighted by Crippen LogP contribution is -2.56. The summed E-state index contributed by atoms with van der Waals surface area (Å²) in [5, 5.41) is 6.81. The van der Waals surface area contributed by atoms with E-state index < -0.39 is 0 Å². The van der Waals surface area contributed by atoms with Crippen LogP contribution in [0.5, 0.6) is 0 Å². The van der Waals surface area contributed by atoms with E-state index in [1.807, 2.05) is 0 Å². The number of rotatable bonds is 8. The normalized spacial score (nSPS) is 21.4. The maximum atomic E-state index is 5.56. The summed E-state index contributed by atoms with van der Waals surface area (Å²) in [5.41, 5.74) is 0.233. The minimum Gasteiger partial charge on any atom is -0.385 e. The van der Waals surface area contributed by atoms with Gasteiger partial charge in [-0.3, -0.25) is 9.89 Å². The molecule has 6 nitrogen and oxygen atoms in total. The highest BCUT2D eigenvalue weighted by molar-refractivity contribution is 14.0. The van der Waals surface area contributed by atoms with E-state index in [9.17, 15) is 0 Å². The number of nitrogens with one attached hydrogen (secondary N) is 2. The maximum Gasteiger partial charge on any atom is 0.191 e. The smallest absolute Gasteiger partial charge is 0.191 e. The molecule has 0 aromatic carbocycles. The highest BCUT2D eigenvalue weighted by atomic mass is 127. The van der Waals surface area contributed by atoms with Crippen LogP contribution < -0.4 is 10.6 Å². The number of guanidine groups is 1. The molecule has 0 atom stereocenters. The van der Waals surface area contributed by atoms with Gasteiger partial charge in [-0.25, -0.2) is 0 Å². The van der Waals surface area contributed by atoms with Gasteiger partial charge in [0.05, 0.1) is 19.8 Å². The Labute approximate surface area is 170 Å². The van der Waals surface area contributed by atoms with Crippen molar-refractivity contribution in [2.45, 2.75) is 51.0 Å². The third-order valence-electron chi connectivity index (χ3n) is 5.16. The second kappa shape index (κ2) is 13.1. The number of nitrogens with zero attached hydrogens (tertiary/aromatic N) is 2. The zero-order valence-electron chi connectivity index (χ0n) is 16.0. The Balaban J connectivity index is 0.00000312. The zero-order valence-corrected chi connectivity index (χ0v) is 18.3. The van der Waals surface area contributed by atoms with Crippen LogP contribution in [-0.2, 0) is 9.47 Å². The molecule has 0 radical (unpaired) electrons. The fraction of sp³-hybridized carbons (Fsp3) is 0.944. The Morgan fingerprint density at radius 1 is 1.16 bits per heavy atom. The summed E-state index contributed by atoms with van der Waals surface area (Å²) in [6.45, 7) is 9.38. The first kappa shape index (κ1) is 22.9. The van der Waals surface area contributed by atoms with Crippen LogP contribution in [0.2, 0.25) is 0 Å². The molecule has 0 aromatic rings. The number of aliphatic imine (C=N–C) groups is 1. The van der Waals surface area contributed by atoms with Gasteiger partial charge < -0.3 is 20.1 Å². The zero-order chi connectivity index (χ0) is 17.1. The fourth-order valence-electron chi connectivity index (χ4n) is 3.81. The number of hydrogen-bond acceptors (Lipinski definition) is 4. The van der Waals surface area contributed by atoms with Crippen LogP contribution in [0.4, 0.5) is 0 Å². The molecule has 2 rings (SSSR count). The number of ether oxygens (including phenoxy) is 2. The summed E-state index contributed by atoms with van der Waals surface area (Å²) in [4.78, 5) is 7.60. The lowest BCUT2D eigenvalue weighted by molar-refractivity contribution is -0.0333. The Morgan fingerprint density at radius 3 is 2.52 bits per heavy atom. The van der Waals surface area contributed by atoms with Crippen LogP contribution in [0.1, 0.15) is 45.4 Å². The van der Waals surface area contributed by atoms with Gasteiger partial charge in [0.1, 0.15) is 0 Å². The molecule has 0 spiro atoms. The Hall–Kier alpha value is -0.120. The Bertz CT molecular complexity index is 370. The maximum absolute atomic E-state index is 5.56. The first-order chi connectivity index (χ1) is 11.8. The van der Waals surface area contributed by atoms with E-state index in [4.69, 9.17) is 14.5 Å². The SMILES string of the molecule is CCNC(=NCC1(N2CCOCC2)CCCCC1)NCCCOC.I. The van der Waals surface area contributed by atoms with Gasteiger partial charge in [0.2, 0.25) is 0 Å². The highest BCUT2D eigenvalue weighted by Crippen LogP contribution is 2.34. The molecule has 1 aliphatic carbocycles. The van der Waals surface area contributed by atoms with Crippen molar-refractivity contribution in [3.63, 3.8) is 0 Å². The minimum absolute atomic E-state index is 0. The van der Waals surface area contributed by atoms with Crippen LogP contribution in [0.3, 0.4) is 0 Å². The lowest BCUT2D eigenvalue weighted by atomic mass is 9.80. The van der Waals surface area contributed by atoms with Crippen molar-refractivity contribution in [2.24, 2.45) is 4.99 Å². The average Bonchev–Trinajstić information content (AvgIpc) is 2.64. The van der Waals surface area contributed by atoms with Crippen molar-refractivity contribution in [3.8, 4) is 0 Å². The summed E-state index contributed by atoms with van der Waals surface area (Å²) in [7, 11) is 1.74. The van der Waals surface area contributed by atoms with Gasteiger partial charge >= 0.3 is 0 Å². The third-order valence-corrected chi connectivity index (χ3v) is 5.16. The molecule has 7 heteroatoms. The van der Waals surface area contributed by atoms with Gasteiger partial charge in [0, 0.05) is 45.4 Å². The summed E-state index contributed by atoms with van der Waals surface area (Å²) >= 11 is 0. The number of hydrogen-bond donors (Lipinski definition) is 2. The molecule has 2 fully saturated rings. The highest BCUT2D eigenvalue weighted by Gasteiger charge is 2.38. The van der Waals surface area contributed by atoms with Crippen molar-refractivity contribution < 1.29 is 9.47 Å². The Morgan fingerprint density at radius 2 is 1.88 bits per heavy atom. The minimum atomic E-state index is 0. The van der Waals surface area contributed by atoms with Crippen molar-refractivity contribution >= 4 is 29.9 Å². The van der Waals surface area contributed by atoms with Crippen LogP contribution >= 0.6 is 24.0 Å². The second-order valence-electron chi connectivity index (χ2n) is 6.85. The molecule has 0 amide bonds. The third kappa shape index (κ3) is 7.56. The number of halogens is 1. The molecule has 0 unspecified atom stereocenters. The van der Waals surface area contributed by atoms with Crippen LogP contribution in [0.25, 0.3) is 0 Å². The van der Waals surface area contributed by atoms with Crippen molar-refractivity contribution in [1.29, 1.82) is 0 Å². The van der Waals surface area contributed by atoms with E-state index >= 15 is 0 Å². The molecule has 1 saturated heterocycles. The fourth-order valence-corrected chi connectivity index (χ4v) is 3.81. The van der Waals surface area contributed by atoms with E-state index in [1.54, 1.807) is 7.11 Å². The van der Waals surface area contributed by atoms with Crippen molar-refractivity contribution in [2.75, 3.05) is 59.7 Å². The van der Waals surface area contributed by atoms with E-state index in [0.717, 1.165) is 64.9 Å². The van der Waals surface area contributed by atoms with Crippen molar-refractivity contribution in [3.05, 3.63) is 0 Å². The molecule has 0 bridgehead atoms. The average molecular weight is 468 g/mol. The summed E-state index contributed by atoms with van der Waals surface area (Å²) in [5.74, 6) is 0.937. The standard InChI is InChI=1S/C18H36N4O2.HI/c1-3-19-17(20-10-7-13-23-2)21-16-18(8-5-4-6-9-18)22-11-14-24-15-12-22;/h3-16H2,1-2H3,(H2,19,20,21);1H. The van der Waals surface area contributed by atoms with Gasteiger partial charge in [0.25, 0.3) is 0 Å². The molecule has 0 aromatic heterocycles. The summed E-state index contributed by atoms with van der Waals surface area (Å²) in [6.07, 6.45) is 7.54. The molecular formula is C18H37IN4O2. The van der Waals surface area contributed by atoms with Gasteiger partial charge in [0.15, 0.2) is 5.96 Å².